The van der Waals surface area contributed by atoms with Gasteiger partial charge in [-0.25, -0.2) is 4.39 Å². The zero-order valence-corrected chi connectivity index (χ0v) is 15.6. The predicted octanol–water partition coefficient (Wildman–Crippen LogP) is 1.12. The quantitative estimate of drug-likeness (QED) is 0.850. The molecule has 4 rings (SSSR count). The van der Waals surface area contributed by atoms with Crippen LogP contribution in [-0.2, 0) is 11.3 Å². The van der Waals surface area contributed by atoms with Gasteiger partial charge >= 0.3 is 0 Å². The highest BCUT2D eigenvalue weighted by molar-refractivity contribution is 5.78. The summed E-state index contributed by atoms with van der Waals surface area (Å²) in [5.41, 5.74) is 1.46. The van der Waals surface area contributed by atoms with Crippen molar-refractivity contribution in [3.8, 4) is 0 Å². The monoisotopic (exact) mass is 374 g/mol. The molecule has 2 aliphatic rings. The molecule has 2 saturated heterocycles. The SMILES string of the molecule is O=c1cc(CN2CCN(CCN3CCOCC3)CC2)[nH]c2ccc(F)cc12. The van der Waals surface area contributed by atoms with E-state index in [2.05, 4.69) is 19.7 Å². The van der Waals surface area contributed by atoms with E-state index in [1.54, 1.807) is 12.1 Å². The van der Waals surface area contributed by atoms with E-state index >= 15 is 0 Å². The van der Waals surface area contributed by atoms with Crippen LogP contribution in [0.25, 0.3) is 10.9 Å². The highest BCUT2D eigenvalue weighted by atomic mass is 19.1. The number of aromatic nitrogens is 1. The average molecular weight is 374 g/mol. The first kappa shape index (κ1) is 18.6. The number of ether oxygens (including phenoxy) is 1. The Bertz CT molecular complexity index is 826. The molecule has 0 unspecified atom stereocenters. The van der Waals surface area contributed by atoms with Crippen LogP contribution in [0.4, 0.5) is 4.39 Å². The topological polar surface area (TPSA) is 51.8 Å². The van der Waals surface area contributed by atoms with Crippen molar-refractivity contribution in [2.24, 2.45) is 0 Å². The number of aromatic amines is 1. The highest BCUT2D eigenvalue weighted by Gasteiger charge is 2.19. The predicted molar refractivity (Wildman–Crippen MR) is 104 cm³/mol. The maximum absolute atomic E-state index is 13.3. The number of fused-ring (bicyclic) bond motifs is 1. The van der Waals surface area contributed by atoms with Crippen LogP contribution in [0, 0.1) is 5.82 Å². The number of nitrogens with zero attached hydrogens (tertiary/aromatic N) is 3. The molecule has 3 heterocycles. The van der Waals surface area contributed by atoms with Crippen molar-refractivity contribution in [1.82, 2.24) is 19.7 Å². The van der Waals surface area contributed by atoms with Gasteiger partial charge in [0.05, 0.1) is 13.2 Å². The summed E-state index contributed by atoms with van der Waals surface area (Å²) in [6, 6.07) is 5.92. The molecule has 7 heteroatoms. The highest BCUT2D eigenvalue weighted by Crippen LogP contribution is 2.12. The van der Waals surface area contributed by atoms with Crippen molar-refractivity contribution < 1.29 is 9.13 Å². The molecule has 2 aromatic rings. The van der Waals surface area contributed by atoms with E-state index in [1.807, 2.05) is 0 Å². The van der Waals surface area contributed by atoms with Gasteiger partial charge in [-0.05, 0) is 18.2 Å². The number of hydrogen-bond donors (Lipinski definition) is 1. The summed E-state index contributed by atoms with van der Waals surface area (Å²) in [4.78, 5) is 22.9. The zero-order chi connectivity index (χ0) is 18.6. The van der Waals surface area contributed by atoms with Crippen molar-refractivity contribution in [3.05, 3.63) is 46.0 Å². The molecule has 1 N–H and O–H groups in total. The molecule has 2 aliphatic heterocycles. The molecule has 0 saturated carbocycles. The number of halogens is 1. The van der Waals surface area contributed by atoms with Crippen LogP contribution in [0.2, 0.25) is 0 Å². The molecule has 0 aliphatic carbocycles. The average Bonchev–Trinajstić information content (AvgIpc) is 2.69. The van der Waals surface area contributed by atoms with E-state index in [-0.39, 0.29) is 11.2 Å². The van der Waals surface area contributed by atoms with Gasteiger partial charge in [0.1, 0.15) is 5.82 Å². The number of nitrogens with one attached hydrogen (secondary N) is 1. The van der Waals surface area contributed by atoms with Crippen LogP contribution in [0.5, 0.6) is 0 Å². The Kier molecular flexibility index (Phi) is 5.83. The molecular weight excluding hydrogens is 347 g/mol. The van der Waals surface area contributed by atoms with Gasteiger partial charge in [-0.1, -0.05) is 0 Å². The minimum absolute atomic E-state index is 0.123. The van der Waals surface area contributed by atoms with Crippen LogP contribution in [0.15, 0.2) is 29.1 Å². The van der Waals surface area contributed by atoms with Crippen molar-refractivity contribution in [2.75, 3.05) is 65.6 Å². The largest absolute Gasteiger partial charge is 0.379 e. The third-order valence-electron chi connectivity index (χ3n) is 5.54. The number of pyridine rings is 1. The lowest BCUT2D eigenvalue weighted by Crippen LogP contribution is -2.49. The Morgan fingerprint density at radius 2 is 1.59 bits per heavy atom. The van der Waals surface area contributed by atoms with Gasteiger partial charge in [0, 0.05) is 81.6 Å². The third kappa shape index (κ3) is 4.73. The van der Waals surface area contributed by atoms with Crippen molar-refractivity contribution in [3.63, 3.8) is 0 Å². The Morgan fingerprint density at radius 3 is 2.33 bits per heavy atom. The summed E-state index contributed by atoms with van der Waals surface area (Å²) >= 11 is 0. The summed E-state index contributed by atoms with van der Waals surface area (Å²) in [6.07, 6.45) is 0. The lowest BCUT2D eigenvalue weighted by molar-refractivity contribution is 0.0296. The zero-order valence-electron chi connectivity index (χ0n) is 15.6. The van der Waals surface area contributed by atoms with Gasteiger partial charge in [-0.2, -0.15) is 0 Å². The number of hydrogen-bond acceptors (Lipinski definition) is 5. The second-order valence-electron chi connectivity index (χ2n) is 7.42. The Hall–Kier alpha value is -1.80. The normalized spacial score (nSPS) is 20.3. The summed E-state index contributed by atoms with van der Waals surface area (Å²) in [5, 5.41) is 0.409. The first-order valence-electron chi connectivity index (χ1n) is 9.74. The van der Waals surface area contributed by atoms with Crippen LogP contribution in [0.3, 0.4) is 0 Å². The molecule has 0 amide bonds. The summed E-state index contributed by atoms with van der Waals surface area (Å²) in [6.45, 7) is 10.8. The fourth-order valence-corrected chi connectivity index (χ4v) is 3.88. The lowest BCUT2D eigenvalue weighted by Gasteiger charge is -2.36. The van der Waals surface area contributed by atoms with Crippen LogP contribution in [0.1, 0.15) is 5.69 Å². The van der Waals surface area contributed by atoms with E-state index in [4.69, 9.17) is 4.74 Å². The molecule has 0 bridgehead atoms. The second kappa shape index (κ2) is 8.48. The number of rotatable bonds is 5. The van der Waals surface area contributed by atoms with E-state index in [9.17, 15) is 9.18 Å². The van der Waals surface area contributed by atoms with Crippen molar-refractivity contribution >= 4 is 10.9 Å². The minimum atomic E-state index is -0.381. The molecule has 27 heavy (non-hydrogen) atoms. The summed E-state index contributed by atoms with van der Waals surface area (Å²) in [7, 11) is 0. The van der Waals surface area contributed by atoms with E-state index in [0.717, 1.165) is 77.8 Å². The van der Waals surface area contributed by atoms with E-state index in [0.29, 0.717) is 10.9 Å². The molecule has 0 atom stereocenters. The first-order chi connectivity index (χ1) is 13.2. The Labute approximate surface area is 158 Å². The maximum Gasteiger partial charge on any atom is 0.189 e. The van der Waals surface area contributed by atoms with E-state index < -0.39 is 0 Å². The fourth-order valence-electron chi connectivity index (χ4n) is 3.88. The lowest BCUT2D eigenvalue weighted by atomic mass is 10.2. The molecule has 1 aromatic heterocycles. The van der Waals surface area contributed by atoms with Crippen LogP contribution < -0.4 is 5.43 Å². The van der Waals surface area contributed by atoms with Crippen molar-refractivity contribution in [2.45, 2.75) is 6.54 Å². The maximum atomic E-state index is 13.3. The third-order valence-corrected chi connectivity index (χ3v) is 5.54. The van der Waals surface area contributed by atoms with Crippen LogP contribution in [-0.4, -0.2) is 85.3 Å². The molecule has 0 radical (unpaired) electrons. The number of morpholine rings is 1. The summed E-state index contributed by atoms with van der Waals surface area (Å²) in [5.74, 6) is -0.381. The van der Waals surface area contributed by atoms with Crippen molar-refractivity contribution in [1.29, 1.82) is 0 Å². The number of H-pyrrole nitrogens is 1. The number of benzene rings is 1. The Balaban J connectivity index is 1.29. The first-order valence-corrected chi connectivity index (χ1v) is 9.74. The molecule has 0 spiro atoms. The minimum Gasteiger partial charge on any atom is -0.379 e. The molecular formula is C20H27FN4O2. The Morgan fingerprint density at radius 1 is 0.926 bits per heavy atom. The van der Waals surface area contributed by atoms with Gasteiger partial charge in [0.25, 0.3) is 0 Å². The van der Waals surface area contributed by atoms with Gasteiger partial charge < -0.3 is 9.72 Å². The molecule has 6 nitrogen and oxygen atoms in total. The van der Waals surface area contributed by atoms with Gasteiger partial charge in [0.2, 0.25) is 0 Å². The van der Waals surface area contributed by atoms with E-state index in [1.165, 1.54) is 12.1 Å². The molecule has 1 aromatic carbocycles. The van der Waals surface area contributed by atoms with Gasteiger partial charge in [-0.15, -0.1) is 0 Å². The van der Waals surface area contributed by atoms with Crippen LogP contribution >= 0.6 is 0 Å². The second-order valence-corrected chi connectivity index (χ2v) is 7.42. The smallest absolute Gasteiger partial charge is 0.189 e. The fraction of sp³-hybridized carbons (Fsp3) is 0.550. The van der Waals surface area contributed by atoms with Gasteiger partial charge in [-0.3, -0.25) is 19.5 Å². The number of piperazine rings is 1. The molecule has 146 valence electrons. The standard InChI is InChI=1S/C20H27FN4O2/c21-16-1-2-19-18(13-16)20(26)14-17(22-19)15-25-7-5-23(6-8-25)3-4-24-9-11-27-12-10-24/h1-2,13-14H,3-12,15H2,(H,22,26). The summed E-state index contributed by atoms with van der Waals surface area (Å²) < 4.78 is 18.7. The molecule has 2 fully saturated rings. The van der Waals surface area contributed by atoms with Gasteiger partial charge in [0.15, 0.2) is 5.43 Å².